The third-order valence-electron chi connectivity index (χ3n) is 3.94. The second-order valence-corrected chi connectivity index (χ2v) is 6.64. The Labute approximate surface area is 129 Å². The van der Waals surface area contributed by atoms with Crippen LogP contribution in [0, 0.1) is 0 Å². The van der Waals surface area contributed by atoms with Gasteiger partial charge in [-0.25, -0.2) is 0 Å². The highest BCUT2D eigenvalue weighted by Crippen LogP contribution is 2.37. The fourth-order valence-electron chi connectivity index (χ4n) is 2.97. The van der Waals surface area contributed by atoms with Crippen molar-refractivity contribution in [2.45, 2.75) is 29.1 Å². The minimum absolute atomic E-state index is 0.811. The zero-order chi connectivity index (χ0) is 14.8. The zero-order valence-electron chi connectivity index (χ0n) is 12.0. The SMILES string of the molecule is C=CCc1ccc2c(c1CC=C)Cc1ccccc1[S+]2[O-]. The van der Waals surface area contributed by atoms with Crippen molar-refractivity contribution in [1.82, 2.24) is 0 Å². The van der Waals surface area contributed by atoms with Crippen LogP contribution in [-0.4, -0.2) is 4.55 Å². The molecule has 0 N–H and O–H groups in total. The van der Waals surface area contributed by atoms with Crippen LogP contribution < -0.4 is 0 Å². The van der Waals surface area contributed by atoms with Gasteiger partial charge in [0.05, 0.1) is 0 Å². The lowest BCUT2D eigenvalue weighted by molar-refractivity contribution is 0.590. The van der Waals surface area contributed by atoms with Crippen LogP contribution in [0.1, 0.15) is 22.3 Å². The molecule has 2 aromatic carbocycles. The van der Waals surface area contributed by atoms with Gasteiger partial charge in [0.25, 0.3) is 0 Å². The zero-order valence-corrected chi connectivity index (χ0v) is 12.8. The lowest BCUT2D eigenvalue weighted by Gasteiger charge is -2.24. The number of hydrogen-bond donors (Lipinski definition) is 0. The van der Waals surface area contributed by atoms with E-state index in [2.05, 4.69) is 25.3 Å². The quantitative estimate of drug-likeness (QED) is 0.612. The van der Waals surface area contributed by atoms with Crippen molar-refractivity contribution in [3.63, 3.8) is 0 Å². The Bertz CT molecular complexity index is 703. The fraction of sp³-hybridized carbons (Fsp3) is 0.158. The van der Waals surface area contributed by atoms with Gasteiger partial charge < -0.3 is 4.55 Å². The maximum atomic E-state index is 12.8. The summed E-state index contributed by atoms with van der Waals surface area (Å²) in [7, 11) is 0. The molecule has 2 aromatic rings. The van der Waals surface area contributed by atoms with Crippen molar-refractivity contribution in [3.8, 4) is 0 Å². The summed E-state index contributed by atoms with van der Waals surface area (Å²) in [5, 5.41) is 0. The van der Waals surface area contributed by atoms with E-state index >= 15 is 0 Å². The van der Waals surface area contributed by atoms with Gasteiger partial charge in [0.1, 0.15) is 0 Å². The van der Waals surface area contributed by atoms with Crippen molar-refractivity contribution in [3.05, 3.63) is 84.0 Å². The smallest absolute Gasteiger partial charge is 0.162 e. The Morgan fingerprint density at radius 1 is 1.00 bits per heavy atom. The van der Waals surface area contributed by atoms with Crippen molar-refractivity contribution in [2.24, 2.45) is 0 Å². The normalized spacial score (nSPS) is 16.0. The number of hydrogen-bond acceptors (Lipinski definition) is 1. The van der Waals surface area contributed by atoms with E-state index in [-0.39, 0.29) is 0 Å². The first-order valence-electron chi connectivity index (χ1n) is 7.11. The minimum atomic E-state index is -1.08. The summed E-state index contributed by atoms with van der Waals surface area (Å²) < 4.78 is 12.8. The lowest BCUT2D eigenvalue weighted by Crippen LogP contribution is -2.17. The molecule has 0 aliphatic carbocycles. The number of allylic oxidation sites excluding steroid dienone is 2. The number of benzene rings is 2. The standard InChI is InChI=1S/C19H18OS/c1-3-7-14-11-12-19-17(16(14)8-4-2)13-15-9-5-6-10-18(15)21(19)20/h3-6,9-12H,1-2,7-8,13H2. The molecule has 0 bridgehead atoms. The fourth-order valence-corrected chi connectivity index (χ4v) is 4.40. The lowest BCUT2D eigenvalue weighted by atomic mass is 9.92. The molecular formula is C19H18OS. The summed E-state index contributed by atoms with van der Waals surface area (Å²) >= 11 is -1.08. The Morgan fingerprint density at radius 3 is 2.52 bits per heavy atom. The predicted octanol–water partition coefficient (Wildman–Crippen LogP) is 4.21. The molecule has 1 aliphatic heterocycles. The highest BCUT2D eigenvalue weighted by atomic mass is 32.2. The highest BCUT2D eigenvalue weighted by molar-refractivity contribution is 7.91. The van der Waals surface area contributed by atoms with Gasteiger partial charge in [0.15, 0.2) is 9.79 Å². The Hall–Kier alpha value is -1.77. The van der Waals surface area contributed by atoms with Crippen molar-refractivity contribution >= 4 is 11.2 Å². The maximum Gasteiger partial charge on any atom is 0.162 e. The average molecular weight is 294 g/mol. The molecule has 0 saturated carbocycles. The average Bonchev–Trinajstić information content (AvgIpc) is 2.50. The predicted molar refractivity (Wildman–Crippen MR) is 88.2 cm³/mol. The van der Waals surface area contributed by atoms with Gasteiger partial charge in [-0.2, -0.15) is 0 Å². The van der Waals surface area contributed by atoms with E-state index in [9.17, 15) is 4.55 Å². The molecule has 1 heterocycles. The molecule has 1 atom stereocenters. The maximum absolute atomic E-state index is 12.8. The van der Waals surface area contributed by atoms with Crippen LogP contribution in [-0.2, 0) is 30.4 Å². The van der Waals surface area contributed by atoms with Gasteiger partial charge in [-0.15, -0.1) is 13.2 Å². The molecule has 0 amide bonds. The van der Waals surface area contributed by atoms with Gasteiger partial charge in [-0.1, -0.05) is 36.4 Å². The van der Waals surface area contributed by atoms with Crippen LogP contribution in [0.5, 0.6) is 0 Å². The van der Waals surface area contributed by atoms with E-state index in [1.807, 2.05) is 36.4 Å². The third kappa shape index (κ3) is 2.45. The molecule has 1 nitrogen and oxygen atoms in total. The molecule has 1 aliphatic rings. The van der Waals surface area contributed by atoms with Crippen LogP contribution in [0.3, 0.4) is 0 Å². The third-order valence-corrected chi connectivity index (χ3v) is 5.52. The van der Waals surface area contributed by atoms with E-state index in [0.29, 0.717) is 0 Å². The molecule has 0 aromatic heterocycles. The van der Waals surface area contributed by atoms with Crippen molar-refractivity contribution < 1.29 is 4.55 Å². The van der Waals surface area contributed by atoms with E-state index in [0.717, 1.165) is 29.1 Å². The van der Waals surface area contributed by atoms with Gasteiger partial charge in [0.2, 0.25) is 0 Å². The van der Waals surface area contributed by atoms with E-state index < -0.39 is 11.2 Å². The number of rotatable bonds is 4. The van der Waals surface area contributed by atoms with Crippen LogP contribution in [0.25, 0.3) is 0 Å². The topological polar surface area (TPSA) is 23.1 Å². The van der Waals surface area contributed by atoms with Gasteiger partial charge >= 0.3 is 0 Å². The summed E-state index contributed by atoms with van der Waals surface area (Å²) in [6.45, 7) is 7.70. The van der Waals surface area contributed by atoms with E-state index in [4.69, 9.17) is 0 Å². The second kappa shape index (κ2) is 5.92. The summed E-state index contributed by atoms with van der Waals surface area (Å²) in [5.74, 6) is 0. The second-order valence-electron chi connectivity index (χ2n) is 5.22. The molecular weight excluding hydrogens is 276 g/mol. The Morgan fingerprint density at radius 2 is 1.76 bits per heavy atom. The minimum Gasteiger partial charge on any atom is -0.606 e. The Balaban J connectivity index is 2.17. The highest BCUT2D eigenvalue weighted by Gasteiger charge is 2.30. The summed E-state index contributed by atoms with van der Waals surface area (Å²) in [6.07, 6.45) is 6.34. The van der Waals surface area contributed by atoms with E-state index in [1.165, 1.54) is 22.3 Å². The molecule has 0 fully saturated rings. The largest absolute Gasteiger partial charge is 0.606 e. The van der Waals surface area contributed by atoms with Crippen molar-refractivity contribution in [2.75, 3.05) is 0 Å². The summed E-state index contributed by atoms with van der Waals surface area (Å²) in [4.78, 5) is 1.91. The van der Waals surface area contributed by atoms with Crippen LogP contribution in [0.2, 0.25) is 0 Å². The van der Waals surface area contributed by atoms with Crippen molar-refractivity contribution in [1.29, 1.82) is 0 Å². The molecule has 0 saturated heterocycles. The monoisotopic (exact) mass is 294 g/mol. The van der Waals surface area contributed by atoms with Crippen LogP contribution >= 0.6 is 0 Å². The Kier molecular flexibility index (Phi) is 4.00. The molecule has 1 unspecified atom stereocenters. The molecule has 106 valence electrons. The van der Waals surface area contributed by atoms with Crippen LogP contribution in [0.15, 0.2) is 71.5 Å². The van der Waals surface area contributed by atoms with Gasteiger partial charge in [-0.05, 0) is 36.1 Å². The van der Waals surface area contributed by atoms with Gasteiger partial charge in [-0.3, -0.25) is 0 Å². The summed E-state index contributed by atoms with van der Waals surface area (Å²) in [6, 6.07) is 12.1. The molecule has 0 spiro atoms. The number of fused-ring (bicyclic) bond motifs is 2. The van der Waals surface area contributed by atoms with E-state index in [1.54, 1.807) is 0 Å². The van der Waals surface area contributed by atoms with Gasteiger partial charge in [0, 0.05) is 28.7 Å². The first kappa shape index (κ1) is 14.2. The molecule has 2 heteroatoms. The molecule has 3 rings (SSSR count). The first-order chi connectivity index (χ1) is 10.3. The molecule has 21 heavy (non-hydrogen) atoms. The first-order valence-corrected chi connectivity index (χ1v) is 8.26. The van der Waals surface area contributed by atoms with Crippen LogP contribution in [0.4, 0.5) is 0 Å². The molecule has 0 radical (unpaired) electrons. The summed E-state index contributed by atoms with van der Waals surface area (Å²) in [5.41, 5.74) is 4.92.